The number of methoxy groups -OCH3 is 1. The van der Waals surface area contributed by atoms with Crippen molar-refractivity contribution < 1.29 is 19.1 Å². The number of hydrogen-bond donors (Lipinski definition) is 1. The van der Waals surface area contributed by atoms with E-state index in [0.29, 0.717) is 37.7 Å². The van der Waals surface area contributed by atoms with Crippen LogP contribution in [0.2, 0.25) is 0 Å². The second kappa shape index (κ2) is 15.0. The molecular weight excluding hydrogens is 556 g/mol. The number of rotatable bonds is 14. The van der Waals surface area contributed by atoms with E-state index in [1.165, 1.54) is 13.5 Å². The maximum atomic E-state index is 13.7. The lowest BCUT2D eigenvalue weighted by atomic mass is 10.1. The molecule has 0 radical (unpaired) electrons. The molecule has 0 atom stereocenters. The van der Waals surface area contributed by atoms with E-state index in [0.717, 1.165) is 84.9 Å². The number of amides is 1. The third-order valence-electron chi connectivity index (χ3n) is 8.27. The predicted octanol–water partition coefficient (Wildman–Crippen LogP) is 4.97. The minimum atomic E-state index is -0.440. The number of piperidine rings is 1. The number of fused-ring (bicyclic) bond motifs is 3. The molecule has 1 fully saturated rings. The van der Waals surface area contributed by atoms with E-state index in [2.05, 4.69) is 27.4 Å². The molecule has 0 saturated carbocycles. The molecule has 2 N–H and O–H groups in total. The highest BCUT2D eigenvalue weighted by Crippen LogP contribution is 2.29. The van der Waals surface area contributed by atoms with Gasteiger partial charge in [-0.2, -0.15) is 0 Å². The van der Waals surface area contributed by atoms with Crippen LogP contribution >= 0.6 is 0 Å². The summed E-state index contributed by atoms with van der Waals surface area (Å²) < 4.78 is 12.6. The Balaban J connectivity index is 1.37. The number of para-hydroxylation sites is 1. The molecule has 0 aliphatic carbocycles. The highest BCUT2D eigenvalue weighted by atomic mass is 16.6. The fraction of sp³-hybridized carbons (Fsp3) is 0.471. The average molecular weight is 601 g/mol. The number of benzene rings is 2. The van der Waals surface area contributed by atoms with Crippen molar-refractivity contribution in [2.75, 3.05) is 45.6 Å². The molecule has 1 amide bonds. The zero-order valence-corrected chi connectivity index (χ0v) is 26.0. The summed E-state index contributed by atoms with van der Waals surface area (Å²) in [6, 6.07) is 15.6. The van der Waals surface area contributed by atoms with Gasteiger partial charge in [-0.05, 0) is 62.5 Å². The number of ether oxygens (including phenoxy) is 2. The Morgan fingerprint density at radius 2 is 1.84 bits per heavy atom. The molecule has 1 saturated heterocycles. The summed E-state index contributed by atoms with van der Waals surface area (Å²) in [5.41, 5.74) is 9.96. The van der Waals surface area contributed by atoms with Crippen molar-refractivity contribution in [2.45, 2.75) is 65.0 Å². The van der Waals surface area contributed by atoms with Crippen molar-refractivity contribution in [3.05, 3.63) is 59.9 Å². The number of aryl methyl sites for hydroxylation is 2. The lowest BCUT2D eigenvalue weighted by Crippen LogP contribution is -2.42. The zero-order valence-electron chi connectivity index (χ0n) is 26.0. The van der Waals surface area contributed by atoms with Gasteiger partial charge in [-0.1, -0.05) is 50.1 Å². The maximum Gasteiger partial charge on any atom is 0.343 e. The van der Waals surface area contributed by atoms with Gasteiger partial charge in [-0.25, -0.2) is 14.8 Å². The van der Waals surface area contributed by atoms with Crippen LogP contribution < -0.4 is 10.5 Å². The largest absolute Gasteiger partial charge is 0.482 e. The Morgan fingerprint density at radius 3 is 2.64 bits per heavy atom. The van der Waals surface area contributed by atoms with Gasteiger partial charge >= 0.3 is 5.97 Å². The van der Waals surface area contributed by atoms with Crippen LogP contribution in [0.4, 0.5) is 5.82 Å². The number of nitrogens with zero attached hydrogens (tertiary/aromatic N) is 5. The second-order valence-electron chi connectivity index (χ2n) is 11.5. The summed E-state index contributed by atoms with van der Waals surface area (Å²) in [7, 11) is 1.33. The average Bonchev–Trinajstić information content (AvgIpc) is 3.42. The molecule has 44 heavy (non-hydrogen) atoms. The van der Waals surface area contributed by atoms with Crippen LogP contribution in [0.3, 0.4) is 0 Å². The highest BCUT2D eigenvalue weighted by Gasteiger charge is 2.21. The van der Waals surface area contributed by atoms with Gasteiger partial charge in [0.15, 0.2) is 12.4 Å². The molecule has 2 aromatic carbocycles. The Kier molecular flexibility index (Phi) is 10.7. The summed E-state index contributed by atoms with van der Waals surface area (Å²) >= 11 is 0. The molecule has 234 valence electrons. The monoisotopic (exact) mass is 600 g/mol. The number of pyridine rings is 1. The number of anilines is 1. The number of hydrogen-bond acceptors (Lipinski definition) is 8. The third-order valence-corrected chi connectivity index (χ3v) is 8.27. The number of carbonyl (C=O) groups is 2. The van der Waals surface area contributed by atoms with Gasteiger partial charge in [0.05, 0.1) is 24.7 Å². The first-order chi connectivity index (χ1) is 21.5. The molecule has 0 bridgehead atoms. The molecule has 10 heteroatoms. The second-order valence-corrected chi connectivity index (χ2v) is 11.5. The van der Waals surface area contributed by atoms with E-state index in [1.54, 1.807) is 6.07 Å². The molecule has 2 aromatic heterocycles. The molecular formula is C34H44N6O4. The van der Waals surface area contributed by atoms with Gasteiger partial charge in [-0.3, -0.25) is 9.69 Å². The van der Waals surface area contributed by atoms with Crippen molar-refractivity contribution >= 4 is 39.6 Å². The Labute approximate surface area is 259 Å². The van der Waals surface area contributed by atoms with E-state index >= 15 is 0 Å². The van der Waals surface area contributed by atoms with Crippen molar-refractivity contribution in [3.8, 4) is 5.75 Å². The van der Waals surface area contributed by atoms with Gasteiger partial charge in [0.1, 0.15) is 17.1 Å². The van der Waals surface area contributed by atoms with Crippen LogP contribution in [0.5, 0.6) is 5.75 Å². The number of likely N-dealkylation sites (tertiary alicyclic amines) is 1. The van der Waals surface area contributed by atoms with Crippen molar-refractivity contribution in [3.63, 3.8) is 0 Å². The van der Waals surface area contributed by atoms with Gasteiger partial charge in [0.25, 0.3) is 0 Å². The SMILES string of the molecule is CCCCc1nc2c(N)nc3ccccc3c2n1CCCN(Cc1cccc(OCC(=O)OC)c1)C(=O)CN1CCCCC1. The molecule has 0 unspecified atom stereocenters. The number of imidazole rings is 1. The molecule has 3 heterocycles. The molecule has 1 aliphatic heterocycles. The fourth-order valence-electron chi connectivity index (χ4n) is 5.95. The third kappa shape index (κ3) is 7.66. The van der Waals surface area contributed by atoms with Crippen molar-refractivity contribution in [1.29, 1.82) is 0 Å². The fourth-order valence-corrected chi connectivity index (χ4v) is 5.95. The van der Waals surface area contributed by atoms with Crippen LogP contribution in [0, 0.1) is 0 Å². The minimum absolute atomic E-state index is 0.119. The summed E-state index contributed by atoms with van der Waals surface area (Å²) in [4.78, 5) is 39.1. The van der Waals surface area contributed by atoms with Crippen LogP contribution in [-0.4, -0.2) is 76.1 Å². The first-order valence-corrected chi connectivity index (χ1v) is 15.8. The van der Waals surface area contributed by atoms with Gasteiger partial charge in [0.2, 0.25) is 5.91 Å². The Morgan fingerprint density at radius 1 is 1.02 bits per heavy atom. The summed E-state index contributed by atoms with van der Waals surface area (Å²) in [5, 5.41) is 1.04. The highest BCUT2D eigenvalue weighted by molar-refractivity contribution is 6.06. The molecule has 4 aromatic rings. The van der Waals surface area contributed by atoms with Gasteiger partial charge < -0.3 is 24.7 Å². The smallest absolute Gasteiger partial charge is 0.343 e. The van der Waals surface area contributed by atoms with E-state index < -0.39 is 5.97 Å². The molecule has 0 spiro atoms. The normalized spacial score (nSPS) is 13.8. The summed E-state index contributed by atoms with van der Waals surface area (Å²) in [6.07, 6.45) is 7.20. The number of carbonyl (C=O) groups excluding carboxylic acids is 2. The van der Waals surface area contributed by atoms with Crippen LogP contribution in [0.25, 0.3) is 21.9 Å². The Bertz CT molecular complexity index is 1580. The first kappa shape index (κ1) is 31.3. The zero-order chi connectivity index (χ0) is 30.9. The van der Waals surface area contributed by atoms with Gasteiger partial charge in [0, 0.05) is 31.4 Å². The topological polar surface area (TPSA) is 116 Å². The predicted molar refractivity (Wildman–Crippen MR) is 172 cm³/mol. The standard InChI is InChI=1S/C34H44N6O4/c1-3-4-16-29-37-32-33(27-14-6-7-15-28(27)36-34(32)35)40(29)20-11-19-39(30(41)23-38-17-8-5-9-18-38)22-25-12-10-13-26(21-25)44-24-31(42)43-2/h6-7,10,12-15,21H,3-5,8-9,11,16-20,22-24H2,1-2H3,(H2,35,36). The van der Waals surface area contributed by atoms with Crippen molar-refractivity contribution in [2.24, 2.45) is 0 Å². The summed E-state index contributed by atoms with van der Waals surface area (Å²) in [6.45, 7) is 6.10. The van der Waals surface area contributed by atoms with E-state index in [9.17, 15) is 9.59 Å². The van der Waals surface area contributed by atoms with Crippen molar-refractivity contribution in [1.82, 2.24) is 24.3 Å². The Hall–Kier alpha value is -4.18. The van der Waals surface area contributed by atoms with Crippen LogP contribution in [0.15, 0.2) is 48.5 Å². The van der Waals surface area contributed by atoms with Gasteiger partial charge in [-0.15, -0.1) is 0 Å². The lowest BCUT2D eigenvalue weighted by molar-refractivity contribution is -0.142. The molecule has 1 aliphatic rings. The number of nitrogen functional groups attached to an aromatic ring is 1. The minimum Gasteiger partial charge on any atom is -0.482 e. The van der Waals surface area contributed by atoms with Crippen LogP contribution in [0.1, 0.15) is 56.8 Å². The number of aromatic nitrogens is 3. The first-order valence-electron chi connectivity index (χ1n) is 15.8. The number of unbranched alkanes of at least 4 members (excludes halogenated alkanes) is 1. The number of nitrogens with two attached hydrogens (primary N) is 1. The maximum absolute atomic E-state index is 13.7. The lowest BCUT2D eigenvalue weighted by Gasteiger charge is -2.30. The van der Waals surface area contributed by atoms with Crippen LogP contribution in [-0.2, 0) is 33.8 Å². The van der Waals surface area contributed by atoms with E-state index in [4.69, 9.17) is 20.2 Å². The molecule has 5 rings (SSSR count). The molecule has 10 nitrogen and oxygen atoms in total. The van der Waals surface area contributed by atoms with E-state index in [1.807, 2.05) is 41.3 Å². The number of esters is 1. The summed E-state index contributed by atoms with van der Waals surface area (Å²) in [5.74, 6) is 1.70. The quantitative estimate of drug-likeness (QED) is 0.202. The van der Waals surface area contributed by atoms with E-state index in [-0.39, 0.29) is 12.5 Å².